The molecule has 0 bridgehead atoms. The van der Waals surface area contributed by atoms with Gasteiger partial charge in [0, 0.05) is 25.2 Å². The molecular formula is C8H22AuCl3N4. The van der Waals surface area contributed by atoms with Crippen LogP contribution in [0.3, 0.4) is 0 Å². The van der Waals surface area contributed by atoms with Crippen molar-refractivity contribution in [3.63, 3.8) is 0 Å². The molecule has 106 valence electrons. The van der Waals surface area contributed by atoms with Crippen molar-refractivity contribution >= 4 is 0 Å². The molecule has 8 N–H and O–H groups in total. The Hall–Kier alpha value is 1.45. The molecule has 8 heteroatoms. The van der Waals surface area contributed by atoms with Gasteiger partial charge in [-0.1, -0.05) is 12.8 Å². The van der Waals surface area contributed by atoms with E-state index in [4.69, 9.17) is 22.9 Å². The summed E-state index contributed by atoms with van der Waals surface area (Å²) in [4.78, 5) is 0. The monoisotopic (exact) mass is 476 g/mol. The molecule has 1 saturated carbocycles. The molecule has 0 spiro atoms. The normalized spacial score (nSPS) is 21.8. The van der Waals surface area contributed by atoms with Crippen molar-refractivity contribution in [2.24, 2.45) is 22.9 Å². The molecule has 1 rings (SSSR count). The van der Waals surface area contributed by atoms with Gasteiger partial charge in [0.15, 0.2) is 0 Å². The van der Waals surface area contributed by atoms with E-state index in [0.717, 1.165) is 12.8 Å². The molecule has 0 aromatic carbocycles. The summed E-state index contributed by atoms with van der Waals surface area (Å²) in [5.74, 6) is 0. The summed E-state index contributed by atoms with van der Waals surface area (Å²) in [6.07, 6.45) is 4.80. The van der Waals surface area contributed by atoms with E-state index in [1.807, 2.05) is 0 Å². The van der Waals surface area contributed by atoms with E-state index in [9.17, 15) is 0 Å². The van der Waals surface area contributed by atoms with Crippen LogP contribution in [0.1, 0.15) is 25.7 Å². The second-order valence-electron chi connectivity index (χ2n) is 3.19. The molecule has 16 heavy (non-hydrogen) atoms. The van der Waals surface area contributed by atoms with Gasteiger partial charge in [-0.3, -0.25) is 0 Å². The van der Waals surface area contributed by atoms with Gasteiger partial charge in [-0.25, -0.2) is 0 Å². The third-order valence-corrected chi connectivity index (χ3v) is 2.04. The summed E-state index contributed by atoms with van der Waals surface area (Å²) in [5.41, 5.74) is 21.1. The van der Waals surface area contributed by atoms with Crippen molar-refractivity contribution in [3.8, 4) is 0 Å². The Kier molecular flexibility index (Phi) is 41.3. The SMILES string of the molecule is NCCN.N[C@@H]1CCCC[C@H]1N.[Au+3].[Cl-].[Cl-].[Cl-]. The second-order valence-corrected chi connectivity index (χ2v) is 3.19. The Morgan fingerprint density at radius 3 is 1.12 bits per heavy atom. The quantitative estimate of drug-likeness (QED) is 0.282. The molecule has 0 amide bonds. The standard InChI is InChI=1S/C6H14N2.C2H8N2.Au.3ClH/c7-5-3-1-2-4-6(5)8;3-1-2-4;;;;/h5-6H,1-4,7-8H2;1-4H2;;3*1H/q;;+3;;;/p-3/t5-,6-;;;;;/m1...../s1. The van der Waals surface area contributed by atoms with E-state index in [1.165, 1.54) is 12.8 Å². The van der Waals surface area contributed by atoms with Crippen molar-refractivity contribution in [3.05, 3.63) is 0 Å². The minimum Gasteiger partial charge on any atom is -1.00 e. The zero-order chi connectivity index (χ0) is 9.40. The van der Waals surface area contributed by atoms with E-state index in [1.54, 1.807) is 0 Å². The number of rotatable bonds is 1. The van der Waals surface area contributed by atoms with Gasteiger partial charge in [0.1, 0.15) is 0 Å². The van der Waals surface area contributed by atoms with Crippen molar-refractivity contribution in [2.75, 3.05) is 13.1 Å². The van der Waals surface area contributed by atoms with E-state index in [2.05, 4.69) is 0 Å². The van der Waals surface area contributed by atoms with Crippen molar-refractivity contribution in [2.45, 2.75) is 37.8 Å². The van der Waals surface area contributed by atoms with Crippen LogP contribution in [-0.4, -0.2) is 25.2 Å². The van der Waals surface area contributed by atoms with Gasteiger partial charge in [0.2, 0.25) is 0 Å². The molecule has 1 aliphatic carbocycles. The largest absolute Gasteiger partial charge is 3.00 e. The molecule has 1 aliphatic rings. The van der Waals surface area contributed by atoms with E-state index < -0.39 is 0 Å². The molecule has 0 aliphatic heterocycles. The van der Waals surface area contributed by atoms with Crippen molar-refractivity contribution in [1.29, 1.82) is 0 Å². The smallest absolute Gasteiger partial charge is 1.00 e. The van der Waals surface area contributed by atoms with Gasteiger partial charge in [-0.15, -0.1) is 0 Å². The Morgan fingerprint density at radius 2 is 1.00 bits per heavy atom. The maximum atomic E-state index is 5.65. The number of hydrogen-bond acceptors (Lipinski definition) is 4. The molecular weight excluding hydrogens is 455 g/mol. The summed E-state index contributed by atoms with van der Waals surface area (Å²) < 4.78 is 0. The zero-order valence-corrected chi connectivity index (χ0v) is 13.6. The Bertz CT molecular complexity index is 101. The summed E-state index contributed by atoms with van der Waals surface area (Å²) in [5, 5.41) is 0. The number of nitrogens with two attached hydrogens (primary N) is 4. The van der Waals surface area contributed by atoms with E-state index >= 15 is 0 Å². The fourth-order valence-corrected chi connectivity index (χ4v) is 1.19. The number of halogens is 3. The third-order valence-electron chi connectivity index (χ3n) is 2.04. The van der Waals surface area contributed by atoms with Gasteiger partial charge in [0.05, 0.1) is 0 Å². The summed E-state index contributed by atoms with van der Waals surface area (Å²) in [6.45, 7) is 1.19. The molecule has 0 aromatic heterocycles. The average Bonchev–Trinajstić information content (AvgIpc) is 2.11. The molecule has 0 radical (unpaired) electrons. The Balaban J connectivity index is -0.0000000458. The van der Waals surface area contributed by atoms with Gasteiger partial charge in [-0.2, -0.15) is 0 Å². The van der Waals surface area contributed by atoms with Crippen LogP contribution < -0.4 is 60.2 Å². The molecule has 2 atom stereocenters. The van der Waals surface area contributed by atoms with Crippen LogP contribution >= 0.6 is 0 Å². The summed E-state index contributed by atoms with van der Waals surface area (Å²) >= 11 is 0. The van der Waals surface area contributed by atoms with Gasteiger partial charge < -0.3 is 60.2 Å². The van der Waals surface area contributed by atoms with Crippen LogP contribution in [0.2, 0.25) is 0 Å². The minimum atomic E-state index is 0. The first kappa shape index (κ1) is 30.5. The topological polar surface area (TPSA) is 104 Å². The van der Waals surface area contributed by atoms with Crippen LogP contribution in [0.5, 0.6) is 0 Å². The molecule has 4 nitrogen and oxygen atoms in total. The van der Waals surface area contributed by atoms with Gasteiger partial charge in [0.25, 0.3) is 0 Å². The van der Waals surface area contributed by atoms with Crippen LogP contribution in [0.15, 0.2) is 0 Å². The predicted octanol–water partition coefficient (Wildman–Crippen LogP) is -9.87. The fourth-order valence-electron chi connectivity index (χ4n) is 1.19. The maximum Gasteiger partial charge on any atom is 3.00 e. The average molecular weight is 478 g/mol. The van der Waals surface area contributed by atoms with Crippen LogP contribution in [-0.2, 0) is 22.4 Å². The minimum absolute atomic E-state index is 0. The predicted molar refractivity (Wildman–Crippen MR) is 52.5 cm³/mol. The van der Waals surface area contributed by atoms with E-state index in [-0.39, 0.29) is 71.7 Å². The Labute approximate surface area is 133 Å². The molecule has 0 saturated heterocycles. The molecule has 1 fully saturated rings. The van der Waals surface area contributed by atoms with Gasteiger partial charge >= 0.3 is 22.4 Å². The van der Waals surface area contributed by atoms with Crippen LogP contribution in [0.25, 0.3) is 0 Å². The zero-order valence-electron chi connectivity index (χ0n) is 9.14. The number of hydrogen-bond donors (Lipinski definition) is 4. The maximum absolute atomic E-state index is 5.65. The summed E-state index contributed by atoms with van der Waals surface area (Å²) in [7, 11) is 0. The van der Waals surface area contributed by atoms with Gasteiger partial charge in [-0.05, 0) is 12.8 Å². The molecule has 0 aromatic rings. The molecule has 0 unspecified atom stereocenters. The first-order valence-corrected chi connectivity index (χ1v) is 4.63. The third kappa shape index (κ3) is 17.8. The fraction of sp³-hybridized carbons (Fsp3) is 1.00. The Morgan fingerprint density at radius 1 is 0.750 bits per heavy atom. The molecule has 0 heterocycles. The second kappa shape index (κ2) is 21.7. The van der Waals surface area contributed by atoms with E-state index in [0.29, 0.717) is 13.1 Å². The van der Waals surface area contributed by atoms with Crippen LogP contribution in [0.4, 0.5) is 0 Å². The summed E-state index contributed by atoms with van der Waals surface area (Å²) in [6, 6.07) is 0.562. The van der Waals surface area contributed by atoms with Crippen molar-refractivity contribution < 1.29 is 59.6 Å². The first-order valence-electron chi connectivity index (χ1n) is 4.63. The van der Waals surface area contributed by atoms with Crippen LogP contribution in [0, 0.1) is 0 Å². The first-order chi connectivity index (χ1) is 5.72. The van der Waals surface area contributed by atoms with Crippen molar-refractivity contribution in [1.82, 2.24) is 0 Å².